The van der Waals surface area contributed by atoms with E-state index in [-0.39, 0.29) is 5.69 Å². The van der Waals surface area contributed by atoms with Crippen LogP contribution in [0.15, 0.2) is 60.4 Å². The van der Waals surface area contributed by atoms with E-state index in [0.717, 1.165) is 12.0 Å². The topological polar surface area (TPSA) is 76.2 Å². The third kappa shape index (κ3) is 4.17. The van der Waals surface area contributed by atoms with Gasteiger partial charge in [-0.25, -0.2) is 0 Å². The van der Waals surface area contributed by atoms with Gasteiger partial charge in [-0.3, -0.25) is 10.1 Å². The molecule has 0 aliphatic heterocycles. The molecule has 23 heavy (non-hydrogen) atoms. The van der Waals surface area contributed by atoms with E-state index in [2.05, 4.69) is 6.07 Å². The van der Waals surface area contributed by atoms with Gasteiger partial charge in [0.2, 0.25) is 0 Å². The van der Waals surface area contributed by atoms with Gasteiger partial charge in [0.25, 0.3) is 5.69 Å². The van der Waals surface area contributed by atoms with Gasteiger partial charge in [0.05, 0.1) is 17.6 Å². The minimum atomic E-state index is -0.466. The number of non-ortho nitro benzene ring substituents is 1. The second kappa shape index (κ2) is 7.76. The Labute approximate surface area is 134 Å². The van der Waals surface area contributed by atoms with E-state index in [1.807, 2.05) is 30.3 Å². The number of ether oxygens (including phenoxy) is 1. The van der Waals surface area contributed by atoms with Crippen LogP contribution >= 0.6 is 0 Å². The first-order chi connectivity index (χ1) is 11.2. The number of allylic oxidation sites excluding steroid dienone is 2. The molecule has 0 amide bonds. The zero-order chi connectivity index (χ0) is 16.7. The fourth-order valence-corrected chi connectivity index (χ4v) is 2.27. The van der Waals surface area contributed by atoms with Crippen LogP contribution in [0.25, 0.3) is 5.57 Å². The zero-order valence-electron chi connectivity index (χ0n) is 12.7. The van der Waals surface area contributed by atoms with Crippen molar-refractivity contribution in [2.24, 2.45) is 0 Å². The lowest BCUT2D eigenvalue weighted by Crippen LogP contribution is -1.97. The minimum absolute atomic E-state index is 0.00529. The molecule has 0 heterocycles. The van der Waals surface area contributed by atoms with Gasteiger partial charge < -0.3 is 4.74 Å². The molecule has 0 aromatic heterocycles. The third-order valence-electron chi connectivity index (χ3n) is 3.49. The minimum Gasteiger partial charge on any atom is -0.500 e. The van der Waals surface area contributed by atoms with Gasteiger partial charge in [0.1, 0.15) is 11.8 Å². The maximum Gasteiger partial charge on any atom is 0.269 e. The molecular formula is C18H16N2O3. The van der Waals surface area contributed by atoms with Crippen molar-refractivity contribution < 1.29 is 9.66 Å². The largest absolute Gasteiger partial charge is 0.500 e. The lowest BCUT2D eigenvalue weighted by molar-refractivity contribution is -0.384. The summed E-state index contributed by atoms with van der Waals surface area (Å²) < 4.78 is 5.38. The van der Waals surface area contributed by atoms with E-state index in [1.54, 1.807) is 12.1 Å². The third-order valence-corrected chi connectivity index (χ3v) is 3.49. The Kier molecular flexibility index (Phi) is 5.48. The number of hydrogen-bond acceptors (Lipinski definition) is 4. The summed E-state index contributed by atoms with van der Waals surface area (Å²) in [4.78, 5) is 10.2. The van der Waals surface area contributed by atoms with Crippen molar-refractivity contribution in [1.82, 2.24) is 0 Å². The first kappa shape index (κ1) is 16.2. The quantitative estimate of drug-likeness (QED) is 0.348. The molecule has 2 aromatic carbocycles. The van der Waals surface area contributed by atoms with Crippen LogP contribution in [0.4, 0.5) is 5.69 Å². The van der Waals surface area contributed by atoms with Crippen LogP contribution in [-0.2, 0) is 11.2 Å². The molecule has 0 fully saturated rings. The molecule has 0 aliphatic carbocycles. The number of aryl methyl sites for hydroxylation is 1. The van der Waals surface area contributed by atoms with Gasteiger partial charge in [-0.05, 0) is 29.7 Å². The highest BCUT2D eigenvalue weighted by Crippen LogP contribution is 2.24. The Balaban J connectivity index is 2.25. The number of benzene rings is 2. The molecule has 0 aliphatic rings. The first-order valence-electron chi connectivity index (χ1n) is 7.11. The standard InChI is InChI=1S/C18H16N2O3/c1-23-18(12-7-14-5-3-2-4-6-14)17(13-19)15-8-10-16(11-9-15)20(21)22/h2-6,8-11H,7,12H2,1H3/b18-17+. The molecule has 2 rings (SSSR count). The van der Waals surface area contributed by atoms with E-state index in [0.29, 0.717) is 23.3 Å². The summed E-state index contributed by atoms with van der Waals surface area (Å²) in [7, 11) is 1.53. The summed E-state index contributed by atoms with van der Waals surface area (Å²) in [5, 5.41) is 20.1. The molecule has 0 saturated heterocycles. The van der Waals surface area contributed by atoms with Gasteiger partial charge in [-0.2, -0.15) is 5.26 Å². The first-order valence-corrected chi connectivity index (χ1v) is 7.11. The number of nitrogens with zero attached hydrogens (tertiary/aromatic N) is 2. The summed E-state index contributed by atoms with van der Waals surface area (Å²) in [6.07, 6.45) is 1.34. The van der Waals surface area contributed by atoms with Crippen LogP contribution in [0.3, 0.4) is 0 Å². The van der Waals surface area contributed by atoms with Crippen molar-refractivity contribution in [2.75, 3.05) is 7.11 Å². The lowest BCUT2D eigenvalue weighted by atomic mass is 10.0. The van der Waals surface area contributed by atoms with Crippen LogP contribution in [0, 0.1) is 21.4 Å². The number of nitro benzene ring substituents is 1. The van der Waals surface area contributed by atoms with Crippen LogP contribution in [0.5, 0.6) is 0 Å². The van der Waals surface area contributed by atoms with E-state index in [1.165, 1.54) is 19.2 Å². The maximum absolute atomic E-state index is 10.7. The Morgan fingerprint density at radius 1 is 1.17 bits per heavy atom. The van der Waals surface area contributed by atoms with Crippen LogP contribution in [0.2, 0.25) is 0 Å². The number of rotatable bonds is 6. The van der Waals surface area contributed by atoms with Crippen molar-refractivity contribution in [3.63, 3.8) is 0 Å². The van der Waals surface area contributed by atoms with Crippen molar-refractivity contribution in [1.29, 1.82) is 5.26 Å². The van der Waals surface area contributed by atoms with Gasteiger partial charge in [-0.1, -0.05) is 30.3 Å². The second-order valence-corrected chi connectivity index (χ2v) is 4.90. The average molecular weight is 308 g/mol. The molecule has 0 N–H and O–H groups in total. The molecule has 0 radical (unpaired) electrons. The zero-order valence-corrected chi connectivity index (χ0v) is 12.7. The molecule has 0 spiro atoms. The van der Waals surface area contributed by atoms with E-state index < -0.39 is 4.92 Å². The fourth-order valence-electron chi connectivity index (χ4n) is 2.27. The second-order valence-electron chi connectivity index (χ2n) is 4.90. The van der Waals surface area contributed by atoms with Gasteiger partial charge in [0, 0.05) is 18.6 Å². The van der Waals surface area contributed by atoms with Crippen molar-refractivity contribution in [3.05, 3.63) is 81.6 Å². The summed E-state index contributed by atoms with van der Waals surface area (Å²) in [5.41, 5.74) is 2.17. The monoisotopic (exact) mass is 308 g/mol. The Morgan fingerprint density at radius 2 is 1.83 bits per heavy atom. The summed E-state index contributed by atoms with van der Waals surface area (Å²) in [6.45, 7) is 0. The molecular weight excluding hydrogens is 292 g/mol. The van der Waals surface area contributed by atoms with Crippen LogP contribution in [-0.4, -0.2) is 12.0 Å². The maximum atomic E-state index is 10.7. The normalized spacial score (nSPS) is 11.3. The lowest BCUT2D eigenvalue weighted by Gasteiger charge is -2.10. The highest BCUT2D eigenvalue weighted by Gasteiger charge is 2.12. The summed E-state index contributed by atoms with van der Waals surface area (Å²) in [5.74, 6) is 0.574. The SMILES string of the molecule is CO/C(CCc1ccccc1)=C(\C#N)c1ccc([N+](=O)[O-])cc1. The van der Waals surface area contributed by atoms with E-state index >= 15 is 0 Å². The summed E-state index contributed by atoms with van der Waals surface area (Å²) >= 11 is 0. The Hall–Kier alpha value is -3.13. The predicted molar refractivity (Wildman–Crippen MR) is 87.4 cm³/mol. The van der Waals surface area contributed by atoms with Crippen molar-refractivity contribution >= 4 is 11.3 Å². The number of methoxy groups -OCH3 is 1. The number of nitriles is 1. The van der Waals surface area contributed by atoms with Crippen molar-refractivity contribution in [2.45, 2.75) is 12.8 Å². The highest BCUT2D eigenvalue weighted by atomic mass is 16.6. The molecule has 0 atom stereocenters. The Morgan fingerprint density at radius 3 is 2.35 bits per heavy atom. The van der Waals surface area contributed by atoms with Gasteiger partial charge in [0.15, 0.2) is 0 Å². The molecule has 5 nitrogen and oxygen atoms in total. The summed E-state index contributed by atoms with van der Waals surface area (Å²) in [6, 6.07) is 18.0. The van der Waals surface area contributed by atoms with Crippen LogP contribution < -0.4 is 0 Å². The van der Waals surface area contributed by atoms with Gasteiger partial charge >= 0.3 is 0 Å². The number of nitro groups is 1. The highest BCUT2D eigenvalue weighted by molar-refractivity contribution is 5.78. The van der Waals surface area contributed by atoms with Gasteiger partial charge in [-0.15, -0.1) is 0 Å². The average Bonchev–Trinajstić information content (AvgIpc) is 2.59. The molecule has 116 valence electrons. The Bertz CT molecular complexity index is 744. The smallest absolute Gasteiger partial charge is 0.269 e. The van der Waals surface area contributed by atoms with E-state index in [4.69, 9.17) is 4.74 Å². The molecule has 0 unspecified atom stereocenters. The predicted octanol–water partition coefficient (Wildman–Crippen LogP) is 4.11. The van der Waals surface area contributed by atoms with Crippen molar-refractivity contribution in [3.8, 4) is 6.07 Å². The van der Waals surface area contributed by atoms with E-state index in [9.17, 15) is 15.4 Å². The van der Waals surface area contributed by atoms with Crippen LogP contribution in [0.1, 0.15) is 17.5 Å². The molecule has 5 heteroatoms. The number of hydrogen-bond donors (Lipinski definition) is 0. The molecule has 2 aromatic rings. The molecule has 0 saturated carbocycles. The fraction of sp³-hybridized carbons (Fsp3) is 0.167. The molecule has 0 bridgehead atoms.